The SMILES string of the molecule is COCCNCCNCc1cnn(C)c1. The van der Waals surface area contributed by atoms with Crippen molar-refractivity contribution in [2.75, 3.05) is 33.4 Å². The van der Waals surface area contributed by atoms with Gasteiger partial charge in [0.2, 0.25) is 0 Å². The number of ether oxygens (including phenoxy) is 1. The van der Waals surface area contributed by atoms with Gasteiger partial charge in [-0.2, -0.15) is 5.10 Å². The highest BCUT2D eigenvalue weighted by Gasteiger charge is 1.94. The van der Waals surface area contributed by atoms with Crippen molar-refractivity contribution >= 4 is 0 Å². The average Bonchev–Trinajstić information content (AvgIpc) is 2.63. The van der Waals surface area contributed by atoms with Crippen molar-refractivity contribution < 1.29 is 4.74 Å². The van der Waals surface area contributed by atoms with Crippen molar-refractivity contribution in [3.8, 4) is 0 Å². The number of hydrogen-bond donors (Lipinski definition) is 2. The molecule has 0 saturated carbocycles. The zero-order valence-electron chi connectivity index (χ0n) is 9.49. The lowest BCUT2D eigenvalue weighted by Gasteiger charge is -2.04. The lowest BCUT2D eigenvalue weighted by Crippen LogP contribution is -2.29. The molecule has 0 aliphatic heterocycles. The lowest BCUT2D eigenvalue weighted by molar-refractivity contribution is 0.199. The van der Waals surface area contributed by atoms with E-state index in [1.165, 1.54) is 5.56 Å². The van der Waals surface area contributed by atoms with E-state index in [9.17, 15) is 0 Å². The van der Waals surface area contributed by atoms with Gasteiger partial charge in [0.15, 0.2) is 0 Å². The molecule has 5 nitrogen and oxygen atoms in total. The number of methoxy groups -OCH3 is 1. The summed E-state index contributed by atoms with van der Waals surface area (Å²) in [5.41, 5.74) is 1.22. The summed E-state index contributed by atoms with van der Waals surface area (Å²) in [6, 6.07) is 0. The van der Waals surface area contributed by atoms with Crippen molar-refractivity contribution in [1.82, 2.24) is 20.4 Å². The molecule has 2 N–H and O–H groups in total. The van der Waals surface area contributed by atoms with Gasteiger partial charge < -0.3 is 15.4 Å². The van der Waals surface area contributed by atoms with Gasteiger partial charge in [-0.25, -0.2) is 0 Å². The molecule has 1 rings (SSSR count). The predicted molar refractivity (Wildman–Crippen MR) is 59.7 cm³/mol. The number of nitrogens with one attached hydrogen (secondary N) is 2. The molecule has 1 aromatic rings. The molecule has 15 heavy (non-hydrogen) atoms. The van der Waals surface area contributed by atoms with Crippen LogP contribution in [0.15, 0.2) is 12.4 Å². The molecule has 0 aromatic carbocycles. The van der Waals surface area contributed by atoms with Crippen molar-refractivity contribution in [2.24, 2.45) is 7.05 Å². The number of hydrogen-bond acceptors (Lipinski definition) is 4. The molecule has 0 atom stereocenters. The first-order chi connectivity index (χ1) is 7.33. The van der Waals surface area contributed by atoms with E-state index in [0.717, 1.165) is 32.8 Å². The fourth-order valence-electron chi connectivity index (χ4n) is 1.27. The molecule has 0 amide bonds. The van der Waals surface area contributed by atoms with Crippen LogP contribution in [0.25, 0.3) is 0 Å². The second-order valence-electron chi connectivity index (χ2n) is 3.44. The zero-order valence-corrected chi connectivity index (χ0v) is 9.49. The summed E-state index contributed by atoms with van der Waals surface area (Å²) in [6.45, 7) is 4.47. The largest absolute Gasteiger partial charge is 0.383 e. The van der Waals surface area contributed by atoms with Gasteiger partial charge in [-0.15, -0.1) is 0 Å². The van der Waals surface area contributed by atoms with E-state index in [-0.39, 0.29) is 0 Å². The first-order valence-corrected chi connectivity index (χ1v) is 5.21. The van der Waals surface area contributed by atoms with Gasteiger partial charge in [0, 0.05) is 52.1 Å². The maximum Gasteiger partial charge on any atom is 0.0587 e. The van der Waals surface area contributed by atoms with Gasteiger partial charge >= 0.3 is 0 Å². The fraction of sp³-hybridized carbons (Fsp3) is 0.700. The molecular weight excluding hydrogens is 192 g/mol. The zero-order chi connectivity index (χ0) is 10.9. The van der Waals surface area contributed by atoms with Crippen LogP contribution in [0.5, 0.6) is 0 Å². The predicted octanol–water partition coefficient (Wildman–Crippen LogP) is -0.254. The van der Waals surface area contributed by atoms with Gasteiger partial charge in [0.1, 0.15) is 0 Å². The van der Waals surface area contributed by atoms with E-state index >= 15 is 0 Å². The second-order valence-corrected chi connectivity index (χ2v) is 3.44. The van der Waals surface area contributed by atoms with Gasteiger partial charge in [-0.05, 0) is 0 Å². The minimum atomic E-state index is 0.766. The number of nitrogens with zero attached hydrogens (tertiary/aromatic N) is 2. The molecule has 86 valence electrons. The topological polar surface area (TPSA) is 51.1 Å². The van der Waals surface area contributed by atoms with Crippen LogP contribution in [-0.4, -0.2) is 43.1 Å². The van der Waals surface area contributed by atoms with Crippen LogP contribution in [0.4, 0.5) is 0 Å². The van der Waals surface area contributed by atoms with E-state index in [1.54, 1.807) is 7.11 Å². The molecule has 5 heteroatoms. The van der Waals surface area contributed by atoms with Crippen LogP contribution < -0.4 is 10.6 Å². The first kappa shape index (κ1) is 12.2. The molecule has 0 radical (unpaired) electrons. The highest BCUT2D eigenvalue weighted by molar-refractivity contribution is 5.02. The summed E-state index contributed by atoms with van der Waals surface area (Å²) in [7, 11) is 3.64. The molecular formula is C10H20N4O. The molecule has 0 spiro atoms. The summed E-state index contributed by atoms with van der Waals surface area (Å²) in [6.07, 6.45) is 3.90. The molecule has 0 fully saturated rings. The Labute approximate surface area is 90.8 Å². The highest BCUT2D eigenvalue weighted by Crippen LogP contribution is 1.93. The Kier molecular flexibility index (Phi) is 5.99. The highest BCUT2D eigenvalue weighted by atomic mass is 16.5. The molecule has 1 heterocycles. The standard InChI is InChI=1S/C10H20N4O/c1-14-9-10(8-13-14)7-12-4-3-11-5-6-15-2/h8-9,11-12H,3-7H2,1-2H3. The third-order valence-electron chi connectivity index (χ3n) is 2.05. The van der Waals surface area contributed by atoms with Crippen molar-refractivity contribution in [1.29, 1.82) is 0 Å². The van der Waals surface area contributed by atoms with E-state index in [2.05, 4.69) is 15.7 Å². The Morgan fingerprint density at radius 3 is 2.80 bits per heavy atom. The van der Waals surface area contributed by atoms with Crippen molar-refractivity contribution in [3.63, 3.8) is 0 Å². The third-order valence-corrected chi connectivity index (χ3v) is 2.05. The minimum absolute atomic E-state index is 0.766. The van der Waals surface area contributed by atoms with Crippen LogP contribution in [0.2, 0.25) is 0 Å². The molecule has 0 aliphatic rings. The second kappa shape index (κ2) is 7.39. The monoisotopic (exact) mass is 212 g/mol. The molecule has 0 aliphatic carbocycles. The molecule has 0 unspecified atom stereocenters. The molecule has 0 bridgehead atoms. The Balaban J connectivity index is 1.93. The maximum atomic E-state index is 4.93. The van der Waals surface area contributed by atoms with Gasteiger partial charge in [0.25, 0.3) is 0 Å². The minimum Gasteiger partial charge on any atom is -0.383 e. The molecule has 0 saturated heterocycles. The summed E-state index contributed by atoms with van der Waals surface area (Å²) >= 11 is 0. The van der Waals surface area contributed by atoms with Crippen LogP contribution in [-0.2, 0) is 18.3 Å². The number of rotatable bonds is 8. The van der Waals surface area contributed by atoms with Crippen LogP contribution in [0.1, 0.15) is 5.56 Å². The smallest absolute Gasteiger partial charge is 0.0587 e. The summed E-state index contributed by atoms with van der Waals surface area (Å²) in [5, 5.41) is 10.7. The van der Waals surface area contributed by atoms with Gasteiger partial charge in [-0.3, -0.25) is 4.68 Å². The Bertz CT molecular complexity index is 262. The van der Waals surface area contributed by atoms with Crippen LogP contribution in [0, 0.1) is 0 Å². The normalized spacial score (nSPS) is 10.8. The Hall–Kier alpha value is -0.910. The van der Waals surface area contributed by atoms with E-state index < -0.39 is 0 Å². The quantitative estimate of drug-likeness (QED) is 0.583. The number of aryl methyl sites for hydroxylation is 1. The van der Waals surface area contributed by atoms with Crippen molar-refractivity contribution in [2.45, 2.75) is 6.54 Å². The maximum absolute atomic E-state index is 4.93. The Morgan fingerprint density at radius 1 is 1.33 bits per heavy atom. The van der Waals surface area contributed by atoms with E-state index in [1.807, 2.05) is 24.1 Å². The summed E-state index contributed by atoms with van der Waals surface area (Å²) in [4.78, 5) is 0. The fourth-order valence-corrected chi connectivity index (χ4v) is 1.27. The van der Waals surface area contributed by atoms with E-state index in [4.69, 9.17) is 4.74 Å². The van der Waals surface area contributed by atoms with Crippen LogP contribution >= 0.6 is 0 Å². The first-order valence-electron chi connectivity index (χ1n) is 5.21. The van der Waals surface area contributed by atoms with Crippen molar-refractivity contribution in [3.05, 3.63) is 18.0 Å². The molecule has 1 aromatic heterocycles. The lowest BCUT2D eigenvalue weighted by atomic mass is 10.3. The van der Waals surface area contributed by atoms with E-state index in [0.29, 0.717) is 0 Å². The average molecular weight is 212 g/mol. The van der Waals surface area contributed by atoms with Crippen LogP contribution in [0.3, 0.4) is 0 Å². The number of aromatic nitrogens is 2. The van der Waals surface area contributed by atoms with Gasteiger partial charge in [0.05, 0.1) is 12.8 Å². The third kappa shape index (κ3) is 5.51. The Morgan fingerprint density at radius 2 is 2.13 bits per heavy atom. The van der Waals surface area contributed by atoms with Gasteiger partial charge in [-0.1, -0.05) is 0 Å². The summed E-state index contributed by atoms with van der Waals surface area (Å²) in [5.74, 6) is 0. The summed E-state index contributed by atoms with van der Waals surface area (Å²) < 4.78 is 6.74.